The van der Waals surface area contributed by atoms with Gasteiger partial charge in [0.2, 0.25) is 15.9 Å². The maximum absolute atomic E-state index is 12.8. The highest BCUT2D eigenvalue weighted by Gasteiger charge is 2.31. The van der Waals surface area contributed by atoms with Crippen LogP contribution in [0.5, 0.6) is 5.75 Å². The number of carbonyl (C=O) groups is 1. The van der Waals surface area contributed by atoms with Crippen molar-refractivity contribution in [2.75, 3.05) is 32.0 Å². The van der Waals surface area contributed by atoms with Crippen LogP contribution in [0.25, 0.3) is 0 Å². The zero-order chi connectivity index (χ0) is 23.0. The maximum Gasteiger partial charge on any atom is 0.224 e. The first kappa shape index (κ1) is 24.3. The Morgan fingerprint density at radius 1 is 1.16 bits per heavy atom. The maximum atomic E-state index is 12.8. The largest absolute Gasteiger partial charge is 0.491 e. The van der Waals surface area contributed by atoms with Crippen molar-refractivity contribution in [2.45, 2.75) is 39.5 Å². The Morgan fingerprint density at radius 2 is 1.94 bits per heavy atom. The molecule has 2 aromatic carbocycles. The monoisotopic (exact) mass is 458 g/mol. The summed E-state index contributed by atoms with van der Waals surface area (Å²) >= 11 is 0. The van der Waals surface area contributed by atoms with Crippen molar-refractivity contribution in [1.82, 2.24) is 9.62 Å². The second-order valence-corrected chi connectivity index (χ2v) is 10.6. The first-order valence-corrected chi connectivity index (χ1v) is 13.0. The molecular weight excluding hydrogens is 424 g/mol. The quantitative estimate of drug-likeness (QED) is 0.553. The molecule has 3 rings (SSSR count). The number of benzene rings is 2. The van der Waals surface area contributed by atoms with E-state index in [4.69, 9.17) is 4.74 Å². The number of piperidine rings is 1. The van der Waals surface area contributed by atoms with E-state index >= 15 is 0 Å². The van der Waals surface area contributed by atoms with Gasteiger partial charge in [-0.25, -0.2) is 12.7 Å². The number of ether oxygens (including phenoxy) is 1. The predicted molar refractivity (Wildman–Crippen MR) is 127 cm³/mol. The summed E-state index contributed by atoms with van der Waals surface area (Å²) in [5.74, 6) is 0.516. The van der Waals surface area contributed by atoms with Crippen LogP contribution >= 0.6 is 0 Å². The van der Waals surface area contributed by atoms with Crippen LogP contribution in [-0.2, 0) is 21.2 Å². The topological polar surface area (TPSA) is 75.7 Å². The number of hydrogen-bond acceptors (Lipinski definition) is 4. The molecule has 0 radical (unpaired) electrons. The van der Waals surface area contributed by atoms with Gasteiger partial charge in [-0.05, 0) is 56.7 Å². The van der Waals surface area contributed by atoms with Gasteiger partial charge in [0.05, 0.1) is 18.2 Å². The minimum atomic E-state index is -3.36. The first-order valence-electron chi connectivity index (χ1n) is 11.3. The average molecular weight is 459 g/mol. The highest BCUT2D eigenvalue weighted by molar-refractivity contribution is 7.89. The van der Waals surface area contributed by atoms with E-state index in [2.05, 4.69) is 11.4 Å². The van der Waals surface area contributed by atoms with Crippen LogP contribution in [0.15, 0.2) is 48.5 Å². The van der Waals surface area contributed by atoms with E-state index in [-0.39, 0.29) is 24.1 Å². The molecule has 32 heavy (non-hydrogen) atoms. The minimum Gasteiger partial charge on any atom is -0.491 e. The van der Waals surface area contributed by atoms with Crippen molar-refractivity contribution in [3.8, 4) is 5.75 Å². The van der Waals surface area contributed by atoms with Crippen molar-refractivity contribution in [2.24, 2.45) is 5.92 Å². The van der Waals surface area contributed by atoms with Crippen LogP contribution in [0.4, 0.5) is 0 Å². The molecule has 1 heterocycles. The first-order chi connectivity index (χ1) is 15.3. The number of sulfonamides is 1. The molecule has 1 aliphatic rings. The summed E-state index contributed by atoms with van der Waals surface area (Å²) in [6, 6.07) is 15.9. The van der Waals surface area contributed by atoms with Gasteiger partial charge in [0.15, 0.2) is 0 Å². The molecule has 7 heteroatoms. The molecule has 0 spiro atoms. The van der Waals surface area contributed by atoms with E-state index in [0.29, 0.717) is 39.0 Å². The van der Waals surface area contributed by atoms with E-state index in [1.54, 1.807) is 0 Å². The normalized spacial score (nSPS) is 17.1. The lowest BCUT2D eigenvalue weighted by molar-refractivity contribution is -0.126. The average Bonchev–Trinajstić information content (AvgIpc) is 2.78. The van der Waals surface area contributed by atoms with E-state index in [0.717, 1.165) is 23.3 Å². The third-order valence-corrected chi connectivity index (χ3v) is 7.77. The van der Waals surface area contributed by atoms with Crippen LogP contribution < -0.4 is 10.1 Å². The fourth-order valence-corrected chi connectivity index (χ4v) is 5.66. The SMILES string of the molecule is Cc1ccc(OCCNC(=O)[C@H]2CCCN(S(=O)(=O)CCCc3ccccc3)C2)c(C)c1. The Kier molecular flexibility index (Phi) is 8.70. The number of nitrogens with zero attached hydrogens (tertiary/aromatic N) is 1. The molecule has 0 bridgehead atoms. The van der Waals surface area contributed by atoms with Crippen LogP contribution in [0.1, 0.15) is 36.0 Å². The van der Waals surface area contributed by atoms with Crippen molar-refractivity contribution < 1.29 is 17.9 Å². The minimum absolute atomic E-state index is 0.0987. The van der Waals surface area contributed by atoms with E-state index in [1.165, 1.54) is 9.87 Å². The lowest BCUT2D eigenvalue weighted by Gasteiger charge is -2.31. The third kappa shape index (κ3) is 7.07. The highest BCUT2D eigenvalue weighted by atomic mass is 32.2. The third-order valence-electron chi connectivity index (χ3n) is 5.85. The zero-order valence-corrected chi connectivity index (χ0v) is 19.9. The van der Waals surface area contributed by atoms with E-state index in [9.17, 15) is 13.2 Å². The molecule has 2 aromatic rings. The summed E-state index contributed by atoms with van der Waals surface area (Å²) in [6.45, 7) is 5.56. The Hall–Kier alpha value is -2.38. The summed E-state index contributed by atoms with van der Waals surface area (Å²) < 4.78 is 32.8. The Morgan fingerprint density at radius 3 is 2.69 bits per heavy atom. The lowest BCUT2D eigenvalue weighted by atomic mass is 9.99. The molecule has 0 aliphatic carbocycles. The molecule has 0 saturated carbocycles. The van der Waals surface area contributed by atoms with Crippen molar-refractivity contribution in [3.63, 3.8) is 0 Å². The van der Waals surface area contributed by atoms with Gasteiger partial charge >= 0.3 is 0 Å². The molecule has 6 nitrogen and oxygen atoms in total. The van der Waals surface area contributed by atoms with Crippen molar-refractivity contribution >= 4 is 15.9 Å². The van der Waals surface area contributed by atoms with Crippen LogP contribution in [0.2, 0.25) is 0 Å². The number of aryl methyl sites for hydroxylation is 3. The van der Waals surface area contributed by atoms with E-state index < -0.39 is 10.0 Å². The molecule has 1 N–H and O–H groups in total. The number of rotatable bonds is 10. The smallest absolute Gasteiger partial charge is 0.224 e. The molecule has 0 aromatic heterocycles. The van der Waals surface area contributed by atoms with Gasteiger partial charge in [0, 0.05) is 13.1 Å². The Labute approximate surface area is 192 Å². The second kappa shape index (κ2) is 11.5. The number of carbonyl (C=O) groups excluding carboxylic acids is 1. The summed E-state index contributed by atoms with van der Waals surface area (Å²) in [6.07, 6.45) is 2.72. The summed E-state index contributed by atoms with van der Waals surface area (Å²) in [5, 5.41) is 2.90. The van der Waals surface area contributed by atoms with Crippen LogP contribution in [0.3, 0.4) is 0 Å². The van der Waals surface area contributed by atoms with Crippen LogP contribution in [0, 0.1) is 19.8 Å². The van der Waals surface area contributed by atoms with Crippen LogP contribution in [-0.4, -0.2) is 50.6 Å². The summed E-state index contributed by atoms with van der Waals surface area (Å²) in [7, 11) is -3.36. The summed E-state index contributed by atoms with van der Waals surface area (Å²) in [5.41, 5.74) is 3.39. The second-order valence-electron chi connectivity index (χ2n) is 8.51. The van der Waals surface area contributed by atoms with Gasteiger partial charge in [0.25, 0.3) is 0 Å². The lowest BCUT2D eigenvalue weighted by Crippen LogP contribution is -2.46. The molecule has 1 amide bonds. The predicted octanol–water partition coefficient (Wildman–Crippen LogP) is 3.47. The fourth-order valence-electron chi connectivity index (χ4n) is 4.08. The van der Waals surface area contributed by atoms with Gasteiger partial charge in [-0.3, -0.25) is 4.79 Å². The van der Waals surface area contributed by atoms with Crippen molar-refractivity contribution in [3.05, 3.63) is 65.2 Å². The Bertz CT molecular complexity index is 992. The zero-order valence-electron chi connectivity index (χ0n) is 19.0. The molecule has 1 fully saturated rings. The van der Waals surface area contributed by atoms with Gasteiger partial charge in [0.1, 0.15) is 12.4 Å². The van der Waals surface area contributed by atoms with Gasteiger partial charge < -0.3 is 10.1 Å². The molecule has 1 aliphatic heterocycles. The molecule has 0 unspecified atom stereocenters. The summed E-state index contributed by atoms with van der Waals surface area (Å²) in [4.78, 5) is 12.6. The molecule has 174 valence electrons. The number of amides is 1. The molecular formula is C25H34N2O4S. The highest BCUT2D eigenvalue weighted by Crippen LogP contribution is 2.21. The van der Waals surface area contributed by atoms with E-state index in [1.807, 2.05) is 56.3 Å². The molecule has 1 saturated heterocycles. The molecule has 1 atom stereocenters. The number of hydrogen-bond donors (Lipinski definition) is 1. The van der Waals surface area contributed by atoms with Gasteiger partial charge in [-0.1, -0.05) is 48.0 Å². The van der Waals surface area contributed by atoms with Gasteiger partial charge in [-0.15, -0.1) is 0 Å². The van der Waals surface area contributed by atoms with Crippen molar-refractivity contribution in [1.29, 1.82) is 0 Å². The Balaban J connectivity index is 1.42. The number of nitrogens with one attached hydrogen (secondary N) is 1. The van der Waals surface area contributed by atoms with Gasteiger partial charge in [-0.2, -0.15) is 0 Å². The fraction of sp³-hybridized carbons (Fsp3) is 0.480. The standard InChI is InChI=1S/C25H34N2O4S/c1-20-12-13-24(21(2)18-20)31-16-14-26-25(28)23-11-6-15-27(19-23)32(29,30)17-7-10-22-8-4-3-5-9-22/h3-5,8-9,12-13,18,23H,6-7,10-11,14-17,19H2,1-2H3,(H,26,28)/t23-/m0/s1.